The van der Waals surface area contributed by atoms with E-state index < -0.39 is 23.8 Å². The second kappa shape index (κ2) is 12.8. The number of amides is 2. The molecule has 2 amide bonds. The van der Waals surface area contributed by atoms with Crippen molar-refractivity contribution in [3.63, 3.8) is 0 Å². The average Bonchev–Trinajstić information content (AvgIpc) is 3.25. The highest BCUT2D eigenvalue weighted by Gasteiger charge is 2.39. The summed E-state index contributed by atoms with van der Waals surface area (Å²) in [5.41, 5.74) is 0.819. The minimum absolute atomic E-state index is 0.0840. The number of unbranched alkanes of at least 4 members (excludes halogenated alkanes) is 1. The third-order valence-electron chi connectivity index (χ3n) is 6.53. The molecule has 190 valence electrons. The lowest BCUT2D eigenvalue weighted by atomic mass is 9.71. The summed E-state index contributed by atoms with van der Waals surface area (Å²) in [5.74, 6) is -0.546. The average molecular weight is 501 g/mol. The van der Waals surface area contributed by atoms with Crippen LogP contribution >= 0.6 is 11.8 Å². The number of imidazole rings is 1. The summed E-state index contributed by atoms with van der Waals surface area (Å²) in [6.07, 6.45) is 8.02. The van der Waals surface area contributed by atoms with Crippen molar-refractivity contribution in [3.05, 3.63) is 48.3 Å². The van der Waals surface area contributed by atoms with Gasteiger partial charge in [-0.2, -0.15) is 0 Å². The number of ketones is 1. The minimum atomic E-state index is -0.912. The summed E-state index contributed by atoms with van der Waals surface area (Å²) < 4.78 is 7.54. The molecule has 1 saturated carbocycles. The maximum Gasteiger partial charge on any atom is 0.407 e. The van der Waals surface area contributed by atoms with E-state index in [0.29, 0.717) is 12.8 Å². The Morgan fingerprint density at radius 1 is 1.20 bits per heavy atom. The molecule has 2 N–H and O–H groups in total. The summed E-state index contributed by atoms with van der Waals surface area (Å²) in [5, 5.41) is 6.33. The molecule has 2 atom stereocenters. The predicted molar refractivity (Wildman–Crippen MR) is 136 cm³/mol. The van der Waals surface area contributed by atoms with Gasteiger partial charge in [0.05, 0.1) is 12.6 Å². The van der Waals surface area contributed by atoms with Crippen molar-refractivity contribution in [3.8, 4) is 0 Å². The third kappa shape index (κ3) is 7.59. The maximum atomic E-state index is 12.9. The van der Waals surface area contributed by atoms with Crippen molar-refractivity contribution < 1.29 is 19.1 Å². The lowest BCUT2D eigenvalue weighted by molar-refractivity contribution is -0.139. The number of nitrogens with zero attached hydrogens (tertiary/aromatic N) is 2. The number of hydrogen-bond acceptors (Lipinski definition) is 6. The molecule has 0 unspecified atom stereocenters. The van der Waals surface area contributed by atoms with E-state index in [1.54, 1.807) is 18.0 Å². The maximum absolute atomic E-state index is 12.9. The molecule has 0 spiro atoms. The van der Waals surface area contributed by atoms with Crippen LogP contribution in [0.3, 0.4) is 0 Å². The molecule has 35 heavy (non-hydrogen) atoms. The fourth-order valence-electron chi connectivity index (χ4n) is 4.05. The van der Waals surface area contributed by atoms with Crippen molar-refractivity contribution in [2.45, 2.75) is 69.6 Å². The Balaban J connectivity index is 1.52. The van der Waals surface area contributed by atoms with Gasteiger partial charge in [-0.05, 0) is 31.7 Å². The number of carbonyl (C=O) groups excluding carboxylic acids is 3. The van der Waals surface area contributed by atoms with Crippen molar-refractivity contribution >= 4 is 29.5 Å². The normalized spacial score (nSPS) is 16.0. The number of aromatic nitrogens is 2. The van der Waals surface area contributed by atoms with Gasteiger partial charge in [0.1, 0.15) is 6.04 Å². The number of thioether (sulfide) groups is 1. The van der Waals surface area contributed by atoms with E-state index >= 15 is 0 Å². The van der Waals surface area contributed by atoms with Gasteiger partial charge in [-0.1, -0.05) is 68.3 Å². The van der Waals surface area contributed by atoms with Crippen molar-refractivity contribution in [1.82, 2.24) is 20.2 Å². The lowest BCUT2D eigenvalue weighted by Crippen LogP contribution is -2.49. The quantitative estimate of drug-likeness (QED) is 0.312. The Bertz CT molecular complexity index is 990. The van der Waals surface area contributed by atoms with Crippen molar-refractivity contribution in [2.24, 2.45) is 12.5 Å². The van der Waals surface area contributed by atoms with E-state index in [-0.39, 0.29) is 18.1 Å². The lowest BCUT2D eigenvalue weighted by Gasteiger charge is -2.40. The van der Waals surface area contributed by atoms with Gasteiger partial charge in [-0.15, -0.1) is 0 Å². The number of hydrogen-bond donors (Lipinski definition) is 2. The molecule has 8 nitrogen and oxygen atoms in total. The first-order chi connectivity index (χ1) is 16.8. The van der Waals surface area contributed by atoms with Gasteiger partial charge in [-0.3, -0.25) is 9.59 Å². The van der Waals surface area contributed by atoms with E-state index in [2.05, 4.69) is 15.6 Å². The van der Waals surface area contributed by atoms with E-state index in [1.807, 2.05) is 62.0 Å². The van der Waals surface area contributed by atoms with Crippen LogP contribution in [-0.4, -0.2) is 45.7 Å². The second-order valence-electron chi connectivity index (χ2n) is 9.35. The summed E-state index contributed by atoms with van der Waals surface area (Å²) in [6, 6.07) is 8.20. The van der Waals surface area contributed by atoms with Crippen LogP contribution in [0, 0.1) is 5.41 Å². The van der Waals surface area contributed by atoms with Gasteiger partial charge < -0.3 is 19.9 Å². The van der Waals surface area contributed by atoms with Crippen LogP contribution in [0.25, 0.3) is 0 Å². The van der Waals surface area contributed by atoms with E-state index in [1.165, 1.54) is 0 Å². The van der Waals surface area contributed by atoms with Gasteiger partial charge in [0, 0.05) is 30.6 Å². The third-order valence-corrected chi connectivity index (χ3v) is 7.94. The summed E-state index contributed by atoms with van der Waals surface area (Å²) in [6.45, 7) is 4.10. The first kappa shape index (κ1) is 26.8. The first-order valence-electron chi connectivity index (χ1n) is 12.3. The molecule has 9 heteroatoms. The second-order valence-corrected chi connectivity index (χ2v) is 10.3. The predicted octanol–water partition coefficient (Wildman–Crippen LogP) is 4.41. The van der Waals surface area contributed by atoms with Crippen molar-refractivity contribution in [1.29, 1.82) is 0 Å². The number of aryl methyl sites for hydroxylation is 1. The minimum Gasteiger partial charge on any atom is -0.449 e. The zero-order chi connectivity index (χ0) is 25.3. The number of alkyl carbamates (subject to hydrolysis) is 1. The fraction of sp³-hybridized carbons (Fsp3) is 0.538. The molecular weight excluding hydrogens is 464 g/mol. The number of carbonyl (C=O) groups is 3. The van der Waals surface area contributed by atoms with Crippen LogP contribution in [0.2, 0.25) is 0 Å². The van der Waals surface area contributed by atoms with Crippen LogP contribution < -0.4 is 10.6 Å². The van der Waals surface area contributed by atoms with Crippen LogP contribution in [0.5, 0.6) is 0 Å². The first-order valence-corrected chi connectivity index (χ1v) is 13.3. The standard InChI is InChI=1S/C26H36N4O4S/c1-4-5-12-21(22(31)23(32)28-19(2)20-10-7-6-8-11-20)29-25(33)34-17-26(13-9-14-26)18-35-24-27-15-16-30(24)3/h6-8,10-11,15-16,19,21H,4-5,9,12-14,17-18H2,1-3H3,(H,28,32)(H,29,33)/t19-,21+/m1/s1. The van der Waals surface area contributed by atoms with E-state index in [4.69, 9.17) is 4.74 Å². The molecule has 0 bridgehead atoms. The van der Waals surface area contributed by atoms with Crippen molar-refractivity contribution in [2.75, 3.05) is 12.4 Å². The van der Waals surface area contributed by atoms with Crippen LogP contribution in [0.15, 0.2) is 47.9 Å². The molecular formula is C26H36N4O4S. The SMILES string of the molecule is CCCC[C@H](NC(=O)OCC1(CSc2nccn2C)CCC1)C(=O)C(=O)N[C@H](C)c1ccccc1. The molecule has 0 aliphatic heterocycles. The van der Waals surface area contributed by atoms with Gasteiger partial charge in [0.2, 0.25) is 5.78 Å². The Hall–Kier alpha value is -2.81. The number of benzene rings is 1. The highest BCUT2D eigenvalue weighted by molar-refractivity contribution is 7.99. The topological polar surface area (TPSA) is 102 Å². The largest absolute Gasteiger partial charge is 0.449 e. The highest BCUT2D eigenvalue weighted by Crippen LogP contribution is 2.44. The number of nitrogens with one attached hydrogen (secondary N) is 2. The smallest absolute Gasteiger partial charge is 0.407 e. The Labute approximate surface area is 211 Å². The molecule has 1 aromatic carbocycles. The summed E-state index contributed by atoms with van der Waals surface area (Å²) in [7, 11) is 1.96. The molecule has 0 saturated heterocycles. The molecule has 1 aromatic heterocycles. The van der Waals surface area contributed by atoms with Crippen LogP contribution in [-0.2, 0) is 21.4 Å². The highest BCUT2D eigenvalue weighted by atomic mass is 32.2. The number of ether oxygens (including phenoxy) is 1. The monoisotopic (exact) mass is 500 g/mol. The molecule has 1 fully saturated rings. The Morgan fingerprint density at radius 2 is 1.94 bits per heavy atom. The fourth-order valence-corrected chi connectivity index (χ4v) is 5.25. The molecule has 3 rings (SSSR count). The zero-order valence-electron chi connectivity index (χ0n) is 20.8. The molecule has 1 aliphatic rings. The van der Waals surface area contributed by atoms with Crippen LogP contribution in [0.1, 0.15) is 64.0 Å². The van der Waals surface area contributed by atoms with Gasteiger partial charge in [0.25, 0.3) is 5.91 Å². The number of Topliss-reactive ketones (excluding diaryl/α,β-unsaturated/α-hetero) is 1. The van der Waals surface area contributed by atoms with Crippen LogP contribution in [0.4, 0.5) is 4.79 Å². The van der Waals surface area contributed by atoms with Gasteiger partial charge in [-0.25, -0.2) is 9.78 Å². The molecule has 2 aromatic rings. The zero-order valence-corrected chi connectivity index (χ0v) is 21.6. The Morgan fingerprint density at radius 3 is 2.54 bits per heavy atom. The van der Waals surface area contributed by atoms with E-state index in [9.17, 15) is 14.4 Å². The van der Waals surface area contributed by atoms with E-state index in [0.717, 1.165) is 42.2 Å². The Kier molecular flexibility index (Phi) is 9.77. The number of rotatable bonds is 13. The molecule has 1 aliphatic carbocycles. The summed E-state index contributed by atoms with van der Waals surface area (Å²) in [4.78, 5) is 42.5. The van der Waals surface area contributed by atoms with Gasteiger partial charge >= 0.3 is 6.09 Å². The molecule has 1 heterocycles. The van der Waals surface area contributed by atoms with Gasteiger partial charge in [0.15, 0.2) is 5.16 Å². The molecule has 0 radical (unpaired) electrons. The summed E-state index contributed by atoms with van der Waals surface area (Å²) >= 11 is 1.66.